The Kier molecular flexibility index (Phi) is 5.29. The van der Waals surface area contributed by atoms with Crippen molar-refractivity contribution >= 4 is 11.7 Å². The van der Waals surface area contributed by atoms with Gasteiger partial charge in [0.25, 0.3) is 5.91 Å². The van der Waals surface area contributed by atoms with E-state index in [1.807, 2.05) is 0 Å². The number of likely N-dealkylation sites (N-methyl/N-ethyl adjacent to an activating group) is 1. The average Bonchev–Trinajstić information content (AvgIpc) is 2.48. The molecular weight excluding hydrogens is 254 g/mol. The molecule has 1 aliphatic rings. The maximum atomic E-state index is 11.8. The van der Waals surface area contributed by atoms with Crippen LogP contribution in [0, 0.1) is 0 Å². The molecule has 110 valence electrons. The standard InChI is InChI=1S/C14H23N5O/c1-3-4-5-15-14(20)12-10-17-13(11-16-12)19-8-6-18(2)7-9-19/h10-11H,3-9H2,1-2H3,(H,15,20). The lowest BCUT2D eigenvalue weighted by atomic mass is 10.3. The molecule has 2 rings (SSSR count). The Morgan fingerprint density at radius 1 is 1.25 bits per heavy atom. The highest BCUT2D eigenvalue weighted by Gasteiger charge is 2.16. The van der Waals surface area contributed by atoms with E-state index in [9.17, 15) is 4.79 Å². The summed E-state index contributed by atoms with van der Waals surface area (Å²) in [7, 11) is 2.12. The third-order valence-corrected chi connectivity index (χ3v) is 3.51. The number of carbonyl (C=O) groups excluding carboxylic acids is 1. The molecule has 0 aliphatic carbocycles. The van der Waals surface area contributed by atoms with E-state index in [4.69, 9.17) is 0 Å². The van der Waals surface area contributed by atoms with Crippen LogP contribution in [0.5, 0.6) is 0 Å². The van der Waals surface area contributed by atoms with Crippen LogP contribution in [0.4, 0.5) is 5.82 Å². The minimum atomic E-state index is -0.143. The van der Waals surface area contributed by atoms with Gasteiger partial charge in [0, 0.05) is 32.7 Å². The number of nitrogens with one attached hydrogen (secondary N) is 1. The van der Waals surface area contributed by atoms with Gasteiger partial charge in [0.05, 0.1) is 12.4 Å². The number of carbonyl (C=O) groups is 1. The van der Waals surface area contributed by atoms with Crippen LogP contribution in [0.15, 0.2) is 12.4 Å². The van der Waals surface area contributed by atoms with Crippen LogP contribution in [0.25, 0.3) is 0 Å². The fourth-order valence-corrected chi connectivity index (χ4v) is 2.11. The van der Waals surface area contributed by atoms with Crippen molar-refractivity contribution in [3.8, 4) is 0 Å². The van der Waals surface area contributed by atoms with Crippen LogP contribution in [-0.2, 0) is 0 Å². The summed E-state index contributed by atoms with van der Waals surface area (Å²) in [6.45, 7) is 6.75. The lowest BCUT2D eigenvalue weighted by Crippen LogP contribution is -2.44. The topological polar surface area (TPSA) is 61.4 Å². The van der Waals surface area contributed by atoms with E-state index in [1.54, 1.807) is 12.4 Å². The molecule has 1 saturated heterocycles. The summed E-state index contributed by atoms with van der Waals surface area (Å²) in [6.07, 6.45) is 5.31. The zero-order valence-electron chi connectivity index (χ0n) is 12.3. The number of rotatable bonds is 5. The van der Waals surface area contributed by atoms with Gasteiger partial charge in [-0.2, -0.15) is 0 Å². The van der Waals surface area contributed by atoms with Gasteiger partial charge in [0.1, 0.15) is 11.5 Å². The fraction of sp³-hybridized carbons (Fsp3) is 0.643. The number of anilines is 1. The van der Waals surface area contributed by atoms with Crippen molar-refractivity contribution in [2.75, 3.05) is 44.7 Å². The number of aromatic nitrogens is 2. The van der Waals surface area contributed by atoms with Crippen molar-refractivity contribution in [3.05, 3.63) is 18.1 Å². The molecule has 0 atom stereocenters. The molecule has 1 fully saturated rings. The van der Waals surface area contributed by atoms with E-state index in [0.717, 1.165) is 44.8 Å². The van der Waals surface area contributed by atoms with E-state index >= 15 is 0 Å². The molecular formula is C14H23N5O. The van der Waals surface area contributed by atoms with Gasteiger partial charge in [-0.05, 0) is 13.5 Å². The van der Waals surface area contributed by atoms with Crippen LogP contribution < -0.4 is 10.2 Å². The normalized spacial score (nSPS) is 16.2. The Labute approximate surface area is 120 Å². The van der Waals surface area contributed by atoms with Gasteiger partial charge in [-0.3, -0.25) is 4.79 Å². The molecule has 0 unspecified atom stereocenters. The fourth-order valence-electron chi connectivity index (χ4n) is 2.11. The third-order valence-electron chi connectivity index (χ3n) is 3.51. The summed E-state index contributed by atoms with van der Waals surface area (Å²) in [5.74, 6) is 0.707. The largest absolute Gasteiger partial charge is 0.353 e. The SMILES string of the molecule is CCCCNC(=O)c1cnc(N2CCN(C)CC2)cn1. The molecule has 0 radical (unpaired) electrons. The predicted molar refractivity (Wildman–Crippen MR) is 79.0 cm³/mol. The average molecular weight is 277 g/mol. The van der Waals surface area contributed by atoms with Gasteiger partial charge in [-0.15, -0.1) is 0 Å². The summed E-state index contributed by atoms with van der Waals surface area (Å²) in [6, 6.07) is 0. The molecule has 6 nitrogen and oxygen atoms in total. The molecule has 1 aromatic heterocycles. The molecule has 1 amide bonds. The minimum absolute atomic E-state index is 0.143. The highest BCUT2D eigenvalue weighted by Crippen LogP contribution is 2.11. The molecule has 1 N–H and O–H groups in total. The predicted octanol–water partition coefficient (Wildman–Crippen LogP) is 0.758. The number of hydrogen-bond acceptors (Lipinski definition) is 5. The van der Waals surface area contributed by atoms with Gasteiger partial charge in [-0.1, -0.05) is 13.3 Å². The van der Waals surface area contributed by atoms with Crippen LogP contribution in [0.1, 0.15) is 30.3 Å². The van der Waals surface area contributed by atoms with Gasteiger partial charge in [-0.25, -0.2) is 9.97 Å². The molecule has 6 heteroatoms. The first-order valence-electron chi connectivity index (χ1n) is 7.24. The van der Waals surface area contributed by atoms with E-state index in [1.165, 1.54) is 0 Å². The van der Waals surface area contributed by atoms with Crippen molar-refractivity contribution in [1.82, 2.24) is 20.2 Å². The Hall–Kier alpha value is -1.69. The summed E-state index contributed by atoms with van der Waals surface area (Å²) >= 11 is 0. The summed E-state index contributed by atoms with van der Waals surface area (Å²) in [5, 5.41) is 2.84. The Morgan fingerprint density at radius 3 is 2.60 bits per heavy atom. The Bertz CT molecular complexity index is 426. The molecule has 20 heavy (non-hydrogen) atoms. The number of piperazine rings is 1. The van der Waals surface area contributed by atoms with Crippen molar-refractivity contribution < 1.29 is 4.79 Å². The second-order valence-electron chi connectivity index (χ2n) is 5.16. The van der Waals surface area contributed by atoms with Crippen molar-refractivity contribution in [3.63, 3.8) is 0 Å². The second-order valence-corrected chi connectivity index (χ2v) is 5.16. The van der Waals surface area contributed by atoms with Gasteiger partial charge in [0.2, 0.25) is 0 Å². The van der Waals surface area contributed by atoms with Gasteiger partial charge in [0.15, 0.2) is 0 Å². The Balaban J connectivity index is 1.90. The van der Waals surface area contributed by atoms with Crippen LogP contribution in [0.2, 0.25) is 0 Å². The third kappa shape index (κ3) is 3.90. The van der Waals surface area contributed by atoms with E-state index < -0.39 is 0 Å². The number of unbranched alkanes of at least 4 members (excludes halogenated alkanes) is 1. The lowest BCUT2D eigenvalue weighted by molar-refractivity contribution is 0.0948. The van der Waals surface area contributed by atoms with E-state index in [-0.39, 0.29) is 5.91 Å². The molecule has 0 spiro atoms. The van der Waals surface area contributed by atoms with E-state index in [0.29, 0.717) is 12.2 Å². The first kappa shape index (κ1) is 14.7. The quantitative estimate of drug-likeness (QED) is 0.805. The molecule has 0 aromatic carbocycles. The highest BCUT2D eigenvalue weighted by molar-refractivity contribution is 5.91. The van der Waals surface area contributed by atoms with E-state index in [2.05, 4.69) is 39.1 Å². The van der Waals surface area contributed by atoms with Crippen LogP contribution >= 0.6 is 0 Å². The number of hydrogen-bond donors (Lipinski definition) is 1. The molecule has 0 bridgehead atoms. The van der Waals surface area contributed by atoms with Crippen LogP contribution in [-0.4, -0.2) is 60.5 Å². The van der Waals surface area contributed by atoms with Crippen molar-refractivity contribution in [1.29, 1.82) is 0 Å². The first-order chi connectivity index (χ1) is 9.70. The molecule has 2 heterocycles. The molecule has 0 saturated carbocycles. The zero-order valence-corrected chi connectivity index (χ0v) is 12.3. The van der Waals surface area contributed by atoms with Crippen molar-refractivity contribution in [2.45, 2.75) is 19.8 Å². The number of nitrogens with zero attached hydrogens (tertiary/aromatic N) is 4. The maximum Gasteiger partial charge on any atom is 0.271 e. The summed E-state index contributed by atoms with van der Waals surface area (Å²) in [5.41, 5.74) is 0.388. The minimum Gasteiger partial charge on any atom is -0.353 e. The summed E-state index contributed by atoms with van der Waals surface area (Å²) < 4.78 is 0. The maximum absolute atomic E-state index is 11.8. The lowest BCUT2D eigenvalue weighted by Gasteiger charge is -2.32. The zero-order chi connectivity index (χ0) is 14.4. The molecule has 1 aromatic rings. The van der Waals surface area contributed by atoms with Gasteiger partial charge < -0.3 is 15.1 Å². The number of amides is 1. The highest BCUT2D eigenvalue weighted by atomic mass is 16.1. The Morgan fingerprint density at radius 2 is 2.00 bits per heavy atom. The first-order valence-corrected chi connectivity index (χ1v) is 7.24. The smallest absolute Gasteiger partial charge is 0.271 e. The monoisotopic (exact) mass is 277 g/mol. The molecule has 1 aliphatic heterocycles. The summed E-state index contributed by atoms with van der Waals surface area (Å²) in [4.78, 5) is 24.9. The van der Waals surface area contributed by atoms with Crippen molar-refractivity contribution in [2.24, 2.45) is 0 Å². The second kappa shape index (κ2) is 7.19. The van der Waals surface area contributed by atoms with Crippen LogP contribution in [0.3, 0.4) is 0 Å². The van der Waals surface area contributed by atoms with Gasteiger partial charge >= 0.3 is 0 Å².